The van der Waals surface area contributed by atoms with Crippen molar-refractivity contribution in [3.63, 3.8) is 0 Å². The van der Waals surface area contributed by atoms with E-state index in [2.05, 4.69) is 10.4 Å². The highest BCUT2D eigenvalue weighted by Gasteiger charge is 2.23. The predicted octanol–water partition coefficient (Wildman–Crippen LogP) is 1.30. The fourth-order valence-corrected chi connectivity index (χ4v) is 4.31. The molecular formula is C16H15FN4O4S2. The van der Waals surface area contributed by atoms with Gasteiger partial charge in [-0.3, -0.25) is 15.0 Å². The van der Waals surface area contributed by atoms with Crippen LogP contribution in [0.25, 0.3) is 10.2 Å². The summed E-state index contributed by atoms with van der Waals surface area (Å²) in [5, 5.41) is 2.08. The van der Waals surface area contributed by atoms with Crippen LogP contribution in [-0.2, 0) is 14.8 Å². The lowest BCUT2D eigenvalue weighted by atomic mass is 10.4. The highest BCUT2D eigenvalue weighted by molar-refractivity contribution is 7.89. The Hall–Kier alpha value is -2.63. The van der Waals surface area contributed by atoms with Crippen LogP contribution in [0.3, 0.4) is 0 Å². The van der Waals surface area contributed by atoms with Crippen LogP contribution in [0.15, 0.2) is 45.4 Å². The van der Waals surface area contributed by atoms with Gasteiger partial charge in [0.25, 0.3) is 11.5 Å². The van der Waals surface area contributed by atoms with Crippen LogP contribution in [0.4, 0.5) is 4.39 Å². The maximum absolute atomic E-state index is 13.0. The number of aromatic nitrogens is 2. The number of fused-ring (bicyclic) bond motifs is 1. The van der Waals surface area contributed by atoms with E-state index < -0.39 is 33.9 Å². The monoisotopic (exact) mass is 410 g/mol. The zero-order valence-electron chi connectivity index (χ0n) is 14.3. The van der Waals surface area contributed by atoms with Gasteiger partial charge in [-0.2, -0.15) is 4.31 Å². The quantitative estimate of drug-likeness (QED) is 0.683. The summed E-state index contributed by atoms with van der Waals surface area (Å²) in [5.74, 6) is -1.02. The van der Waals surface area contributed by atoms with Crippen LogP contribution in [0.2, 0.25) is 0 Å². The number of hydrogen-bond acceptors (Lipinski definition) is 6. The van der Waals surface area contributed by atoms with Crippen molar-refractivity contribution in [1.29, 1.82) is 0 Å². The lowest BCUT2D eigenvalue weighted by Gasteiger charge is -2.18. The molecule has 2 heterocycles. The number of benzene rings is 1. The second-order valence-electron chi connectivity index (χ2n) is 5.69. The standard InChI is InChI=1S/C16H15FN4O4S2/c1-10-18-15-13(7-8-26-15)16(23)21(10)19-14(22)9-20(2)27(24,25)12-5-3-11(17)4-6-12/h3-8H,9H2,1-2H3,(H,19,22). The number of halogens is 1. The van der Waals surface area contributed by atoms with Crippen LogP contribution in [0.1, 0.15) is 5.82 Å². The Bertz CT molecular complexity index is 1170. The average molecular weight is 410 g/mol. The van der Waals surface area contributed by atoms with Gasteiger partial charge in [-0.25, -0.2) is 22.5 Å². The van der Waals surface area contributed by atoms with E-state index in [0.717, 1.165) is 33.2 Å². The summed E-state index contributed by atoms with van der Waals surface area (Å²) in [5.41, 5.74) is 1.92. The molecule has 0 atom stereocenters. The highest BCUT2D eigenvalue weighted by atomic mass is 32.2. The van der Waals surface area contributed by atoms with E-state index in [0.29, 0.717) is 10.2 Å². The summed E-state index contributed by atoms with van der Waals surface area (Å²) in [4.78, 5) is 29.3. The molecule has 0 saturated carbocycles. The third-order valence-electron chi connectivity index (χ3n) is 3.79. The van der Waals surface area contributed by atoms with E-state index in [-0.39, 0.29) is 10.7 Å². The number of carbonyl (C=O) groups excluding carboxylic acids is 1. The van der Waals surface area contributed by atoms with Crippen LogP contribution in [0, 0.1) is 12.7 Å². The number of hydrogen-bond donors (Lipinski definition) is 1. The summed E-state index contributed by atoms with van der Waals surface area (Å²) < 4.78 is 39.7. The van der Waals surface area contributed by atoms with Gasteiger partial charge in [-0.05, 0) is 42.6 Å². The van der Waals surface area contributed by atoms with Crippen LogP contribution < -0.4 is 11.0 Å². The summed E-state index contributed by atoms with van der Waals surface area (Å²) in [6.45, 7) is 1.02. The van der Waals surface area contributed by atoms with Crippen molar-refractivity contribution >= 4 is 37.5 Å². The van der Waals surface area contributed by atoms with Crippen molar-refractivity contribution in [2.75, 3.05) is 19.0 Å². The van der Waals surface area contributed by atoms with Gasteiger partial charge in [0.05, 0.1) is 16.8 Å². The Kier molecular flexibility index (Phi) is 5.09. The molecule has 0 spiro atoms. The van der Waals surface area contributed by atoms with E-state index in [4.69, 9.17) is 0 Å². The average Bonchev–Trinajstić information content (AvgIpc) is 3.07. The molecule has 1 aromatic carbocycles. The summed E-state index contributed by atoms with van der Waals surface area (Å²) in [7, 11) is -2.77. The molecule has 3 rings (SSSR count). The Labute approximate surface area is 157 Å². The van der Waals surface area contributed by atoms with Crippen molar-refractivity contribution < 1.29 is 17.6 Å². The zero-order valence-corrected chi connectivity index (χ0v) is 16.0. The van der Waals surface area contributed by atoms with E-state index in [1.165, 1.54) is 18.4 Å². The van der Waals surface area contributed by atoms with Gasteiger partial charge in [-0.15, -0.1) is 11.3 Å². The van der Waals surface area contributed by atoms with Gasteiger partial charge in [0, 0.05) is 7.05 Å². The molecule has 11 heteroatoms. The van der Waals surface area contributed by atoms with E-state index in [9.17, 15) is 22.4 Å². The first-order chi connectivity index (χ1) is 12.7. The number of sulfonamides is 1. The minimum Gasteiger partial charge on any atom is -0.272 e. The molecule has 0 aliphatic rings. The van der Waals surface area contributed by atoms with Crippen molar-refractivity contribution in [3.05, 3.63) is 57.7 Å². The maximum Gasteiger partial charge on any atom is 0.281 e. The van der Waals surface area contributed by atoms with Crippen LogP contribution in [0.5, 0.6) is 0 Å². The van der Waals surface area contributed by atoms with Crippen LogP contribution in [-0.4, -0.2) is 41.9 Å². The summed E-state index contributed by atoms with van der Waals surface area (Å²) in [6.07, 6.45) is 0. The van der Waals surface area contributed by atoms with Crippen molar-refractivity contribution in [2.24, 2.45) is 0 Å². The molecule has 2 aromatic heterocycles. The molecule has 1 amide bonds. The first-order valence-corrected chi connectivity index (χ1v) is 10.0. The first kappa shape index (κ1) is 19.1. The fourth-order valence-electron chi connectivity index (χ4n) is 2.38. The van der Waals surface area contributed by atoms with Gasteiger partial charge in [0.1, 0.15) is 16.5 Å². The topological polar surface area (TPSA) is 101 Å². The molecule has 3 aromatic rings. The lowest BCUT2D eigenvalue weighted by molar-refractivity contribution is -0.117. The largest absolute Gasteiger partial charge is 0.281 e. The number of rotatable bonds is 5. The number of amides is 1. The molecule has 27 heavy (non-hydrogen) atoms. The summed E-state index contributed by atoms with van der Waals surface area (Å²) >= 11 is 1.30. The second kappa shape index (κ2) is 7.18. The van der Waals surface area contributed by atoms with Gasteiger partial charge < -0.3 is 0 Å². The third kappa shape index (κ3) is 3.75. The molecule has 0 unspecified atom stereocenters. The smallest absolute Gasteiger partial charge is 0.272 e. The Balaban J connectivity index is 1.79. The normalized spacial score (nSPS) is 11.9. The minimum absolute atomic E-state index is 0.145. The molecular weight excluding hydrogens is 395 g/mol. The predicted molar refractivity (Wildman–Crippen MR) is 99.2 cm³/mol. The lowest BCUT2D eigenvalue weighted by Crippen LogP contribution is -2.41. The SMILES string of the molecule is Cc1nc2sccc2c(=O)n1NC(=O)CN(C)S(=O)(=O)c1ccc(F)cc1. The number of likely N-dealkylation sites (N-methyl/N-ethyl adjacent to an activating group) is 1. The van der Waals surface area contributed by atoms with E-state index in [1.807, 2.05) is 0 Å². The van der Waals surface area contributed by atoms with Gasteiger partial charge >= 0.3 is 0 Å². The third-order valence-corrected chi connectivity index (χ3v) is 6.41. The second-order valence-corrected chi connectivity index (χ2v) is 8.63. The van der Waals surface area contributed by atoms with Crippen molar-refractivity contribution in [1.82, 2.24) is 14.0 Å². The number of thiophene rings is 1. The highest BCUT2D eigenvalue weighted by Crippen LogP contribution is 2.15. The molecule has 0 aliphatic heterocycles. The summed E-state index contributed by atoms with van der Waals surface area (Å²) in [6, 6.07) is 5.86. The number of carbonyl (C=O) groups is 1. The van der Waals surface area contributed by atoms with Gasteiger partial charge in [0.2, 0.25) is 10.0 Å². The zero-order chi connectivity index (χ0) is 19.8. The molecule has 0 saturated heterocycles. The number of nitrogens with one attached hydrogen (secondary N) is 1. The number of nitrogens with zero attached hydrogens (tertiary/aromatic N) is 3. The van der Waals surface area contributed by atoms with Gasteiger partial charge in [-0.1, -0.05) is 0 Å². The first-order valence-electron chi connectivity index (χ1n) is 7.69. The molecule has 0 radical (unpaired) electrons. The van der Waals surface area contributed by atoms with E-state index in [1.54, 1.807) is 18.4 Å². The number of aryl methyl sites for hydroxylation is 1. The minimum atomic E-state index is -3.98. The molecule has 1 N–H and O–H groups in total. The van der Waals surface area contributed by atoms with E-state index >= 15 is 0 Å². The molecule has 142 valence electrons. The Morgan fingerprint density at radius 2 is 1.96 bits per heavy atom. The Morgan fingerprint density at radius 1 is 1.30 bits per heavy atom. The van der Waals surface area contributed by atoms with Crippen LogP contribution >= 0.6 is 11.3 Å². The Morgan fingerprint density at radius 3 is 2.63 bits per heavy atom. The van der Waals surface area contributed by atoms with Crippen molar-refractivity contribution in [3.8, 4) is 0 Å². The molecule has 0 aliphatic carbocycles. The molecule has 0 fully saturated rings. The maximum atomic E-state index is 13.0. The fraction of sp³-hybridized carbons (Fsp3) is 0.188. The molecule has 8 nitrogen and oxygen atoms in total. The van der Waals surface area contributed by atoms with Gasteiger partial charge in [0.15, 0.2) is 0 Å². The molecule has 0 bridgehead atoms. The van der Waals surface area contributed by atoms with Crippen molar-refractivity contribution in [2.45, 2.75) is 11.8 Å².